The summed E-state index contributed by atoms with van der Waals surface area (Å²) < 4.78 is 13.6. The Kier molecular flexibility index (Phi) is 5.18. The van der Waals surface area contributed by atoms with Crippen molar-refractivity contribution in [2.75, 3.05) is 10.6 Å². The Morgan fingerprint density at radius 1 is 0.958 bits per heavy atom. The maximum atomic E-state index is 13.6. The van der Waals surface area contributed by atoms with Crippen molar-refractivity contribution in [1.82, 2.24) is 15.2 Å². The van der Waals surface area contributed by atoms with Crippen LogP contribution in [0.2, 0.25) is 5.02 Å². The average Bonchev–Trinajstić information content (AvgIpc) is 2.61. The van der Waals surface area contributed by atoms with E-state index in [0.29, 0.717) is 28.9 Å². The summed E-state index contributed by atoms with van der Waals surface area (Å²) in [5.41, 5.74) is 1.61. The Morgan fingerprint density at radius 2 is 1.75 bits per heavy atom. The van der Waals surface area contributed by atoms with E-state index in [0.717, 1.165) is 5.56 Å². The largest absolute Gasteiger partial charge is 0.365 e. The van der Waals surface area contributed by atoms with Gasteiger partial charge in [0.2, 0.25) is 5.95 Å². The maximum absolute atomic E-state index is 13.6. The van der Waals surface area contributed by atoms with E-state index in [4.69, 9.17) is 11.6 Å². The van der Waals surface area contributed by atoms with Crippen molar-refractivity contribution in [3.63, 3.8) is 0 Å². The number of rotatable bonds is 6. The van der Waals surface area contributed by atoms with Gasteiger partial charge in [0.05, 0.1) is 6.20 Å². The summed E-state index contributed by atoms with van der Waals surface area (Å²) in [6, 6.07) is 14.1. The predicted molar refractivity (Wildman–Crippen MR) is 92.3 cm³/mol. The van der Waals surface area contributed by atoms with E-state index in [-0.39, 0.29) is 12.4 Å². The molecule has 1 aromatic heterocycles. The summed E-state index contributed by atoms with van der Waals surface area (Å²) in [6.45, 7) is 0.873. The second kappa shape index (κ2) is 7.70. The van der Waals surface area contributed by atoms with Gasteiger partial charge in [-0.1, -0.05) is 41.9 Å². The summed E-state index contributed by atoms with van der Waals surface area (Å²) in [4.78, 5) is 4.31. The van der Waals surface area contributed by atoms with Crippen LogP contribution in [0.5, 0.6) is 0 Å². The zero-order chi connectivity index (χ0) is 16.8. The molecule has 5 nitrogen and oxygen atoms in total. The Balaban J connectivity index is 1.59. The lowest BCUT2D eigenvalue weighted by Crippen LogP contribution is -2.08. The fourth-order valence-corrected chi connectivity index (χ4v) is 2.20. The first kappa shape index (κ1) is 16.1. The molecule has 3 aromatic rings. The van der Waals surface area contributed by atoms with E-state index in [9.17, 15) is 4.39 Å². The minimum absolute atomic E-state index is 0.269. The molecule has 0 fully saturated rings. The molecule has 0 spiro atoms. The van der Waals surface area contributed by atoms with Gasteiger partial charge in [0, 0.05) is 23.7 Å². The Bertz CT molecular complexity index is 810. The molecule has 122 valence electrons. The van der Waals surface area contributed by atoms with Gasteiger partial charge in [-0.25, -0.2) is 4.39 Å². The van der Waals surface area contributed by atoms with Gasteiger partial charge in [0.1, 0.15) is 5.82 Å². The third-order valence-corrected chi connectivity index (χ3v) is 3.59. The minimum Gasteiger partial charge on any atom is -0.365 e. The van der Waals surface area contributed by atoms with Crippen molar-refractivity contribution in [2.24, 2.45) is 0 Å². The molecule has 0 radical (unpaired) electrons. The van der Waals surface area contributed by atoms with E-state index in [1.807, 2.05) is 24.3 Å². The van der Waals surface area contributed by atoms with Gasteiger partial charge in [-0.05, 0) is 23.8 Å². The van der Waals surface area contributed by atoms with Gasteiger partial charge in [-0.3, -0.25) is 0 Å². The molecule has 7 heteroatoms. The number of hydrogen-bond donors (Lipinski definition) is 2. The van der Waals surface area contributed by atoms with Crippen LogP contribution in [0.15, 0.2) is 54.7 Å². The van der Waals surface area contributed by atoms with E-state index < -0.39 is 0 Å². The maximum Gasteiger partial charge on any atom is 0.244 e. The molecule has 3 rings (SSSR count). The standard InChI is InChI=1S/C17H15ClFN5/c18-14-7-5-12(6-8-14)9-20-16-11-22-24-17(23-16)21-10-13-3-1-2-4-15(13)19/h1-8,11H,9-10H2,(H2,20,21,23,24). The van der Waals surface area contributed by atoms with Gasteiger partial charge in [0.15, 0.2) is 5.82 Å². The summed E-state index contributed by atoms with van der Waals surface area (Å²) in [5, 5.41) is 14.6. The van der Waals surface area contributed by atoms with Crippen molar-refractivity contribution >= 4 is 23.4 Å². The summed E-state index contributed by atoms with van der Waals surface area (Å²) in [7, 11) is 0. The van der Waals surface area contributed by atoms with Crippen LogP contribution in [-0.4, -0.2) is 15.2 Å². The smallest absolute Gasteiger partial charge is 0.244 e. The number of benzene rings is 2. The van der Waals surface area contributed by atoms with Crippen LogP contribution in [0.25, 0.3) is 0 Å². The third kappa shape index (κ3) is 4.39. The number of hydrogen-bond acceptors (Lipinski definition) is 5. The van der Waals surface area contributed by atoms with E-state index in [1.54, 1.807) is 18.2 Å². The topological polar surface area (TPSA) is 62.7 Å². The molecule has 1 heterocycles. The van der Waals surface area contributed by atoms with E-state index in [2.05, 4.69) is 25.8 Å². The number of halogens is 2. The average molecular weight is 344 g/mol. The Hall–Kier alpha value is -2.73. The van der Waals surface area contributed by atoms with Crippen LogP contribution < -0.4 is 10.6 Å². The molecular formula is C17H15ClFN5. The van der Waals surface area contributed by atoms with Crippen LogP contribution in [0, 0.1) is 5.82 Å². The summed E-state index contributed by atoms with van der Waals surface area (Å²) in [6.07, 6.45) is 1.53. The molecule has 0 atom stereocenters. The Labute approximate surface area is 143 Å². The monoisotopic (exact) mass is 343 g/mol. The minimum atomic E-state index is -0.269. The van der Waals surface area contributed by atoms with Crippen molar-refractivity contribution in [2.45, 2.75) is 13.1 Å². The van der Waals surface area contributed by atoms with Gasteiger partial charge in [-0.15, -0.1) is 5.10 Å². The highest BCUT2D eigenvalue weighted by atomic mass is 35.5. The molecular weight excluding hydrogens is 329 g/mol. The van der Waals surface area contributed by atoms with Gasteiger partial charge in [-0.2, -0.15) is 10.1 Å². The lowest BCUT2D eigenvalue weighted by Gasteiger charge is -2.08. The van der Waals surface area contributed by atoms with Gasteiger partial charge in [0.25, 0.3) is 0 Å². The molecule has 0 amide bonds. The zero-order valence-corrected chi connectivity index (χ0v) is 13.5. The molecule has 24 heavy (non-hydrogen) atoms. The van der Waals surface area contributed by atoms with Crippen molar-refractivity contribution in [3.05, 3.63) is 76.7 Å². The molecule has 0 saturated carbocycles. The number of anilines is 2. The molecule has 2 N–H and O–H groups in total. The summed E-state index contributed by atoms with van der Waals surface area (Å²) >= 11 is 5.86. The number of nitrogens with zero attached hydrogens (tertiary/aromatic N) is 3. The highest BCUT2D eigenvalue weighted by molar-refractivity contribution is 6.30. The number of aromatic nitrogens is 3. The quantitative estimate of drug-likeness (QED) is 0.711. The Morgan fingerprint density at radius 3 is 2.54 bits per heavy atom. The normalized spacial score (nSPS) is 10.4. The molecule has 0 saturated heterocycles. The van der Waals surface area contributed by atoms with Crippen LogP contribution in [-0.2, 0) is 13.1 Å². The summed E-state index contributed by atoms with van der Waals surface area (Å²) in [5.74, 6) is 0.644. The zero-order valence-electron chi connectivity index (χ0n) is 12.7. The van der Waals surface area contributed by atoms with Crippen LogP contribution in [0.1, 0.15) is 11.1 Å². The fraction of sp³-hybridized carbons (Fsp3) is 0.118. The number of nitrogens with one attached hydrogen (secondary N) is 2. The fourth-order valence-electron chi connectivity index (χ4n) is 2.07. The highest BCUT2D eigenvalue weighted by Crippen LogP contribution is 2.12. The van der Waals surface area contributed by atoms with Crippen molar-refractivity contribution < 1.29 is 4.39 Å². The first-order chi connectivity index (χ1) is 11.7. The third-order valence-electron chi connectivity index (χ3n) is 3.34. The molecule has 0 aliphatic heterocycles. The SMILES string of the molecule is Fc1ccccc1CNc1nncc(NCc2ccc(Cl)cc2)n1. The second-order valence-corrected chi connectivity index (χ2v) is 5.53. The van der Waals surface area contributed by atoms with E-state index in [1.165, 1.54) is 12.3 Å². The van der Waals surface area contributed by atoms with E-state index >= 15 is 0 Å². The van der Waals surface area contributed by atoms with Crippen LogP contribution in [0.3, 0.4) is 0 Å². The highest BCUT2D eigenvalue weighted by Gasteiger charge is 2.04. The van der Waals surface area contributed by atoms with Crippen LogP contribution >= 0.6 is 11.6 Å². The first-order valence-electron chi connectivity index (χ1n) is 7.36. The van der Waals surface area contributed by atoms with Crippen molar-refractivity contribution in [1.29, 1.82) is 0 Å². The molecule has 0 bridgehead atoms. The lowest BCUT2D eigenvalue weighted by atomic mass is 10.2. The molecule has 0 aliphatic rings. The lowest BCUT2D eigenvalue weighted by molar-refractivity contribution is 0.612. The molecule has 2 aromatic carbocycles. The van der Waals surface area contributed by atoms with Crippen LogP contribution in [0.4, 0.5) is 16.2 Å². The van der Waals surface area contributed by atoms with Gasteiger partial charge >= 0.3 is 0 Å². The van der Waals surface area contributed by atoms with Gasteiger partial charge < -0.3 is 10.6 Å². The molecule has 0 unspecified atom stereocenters. The second-order valence-electron chi connectivity index (χ2n) is 5.09. The molecule has 0 aliphatic carbocycles. The predicted octanol–water partition coefficient (Wildman–Crippen LogP) is 3.89. The van der Waals surface area contributed by atoms with Crippen molar-refractivity contribution in [3.8, 4) is 0 Å². The first-order valence-corrected chi connectivity index (χ1v) is 7.74.